The standard InChI is InChI=1S/C22H20N8O.C2H6/c1-13-7-6-10-16-17(13)22(31)30(29-15-8-4-3-5-9-15)21(28-16)14(2)27-20-18-19(24-11-23-18)25-12-26-20;1-2/h3-12,14,29H,1-2H3,(H2,23,24,25,26,27);1-2H3. The summed E-state index contributed by atoms with van der Waals surface area (Å²) in [6.07, 6.45) is 3.02. The number of imidazole rings is 1. The first-order valence-electron chi connectivity index (χ1n) is 10.9. The Labute approximate surface area is 190 Å². The minimum absolute atomic E-state index is 0.162. The summed E-state index contributed by atoms with van der Waals surface area (Å²) in [6, 6.07) is 14.8. The summed E-state index contributed by atoms with van der Waals surface area (Å²) in [6.45, 7) is 7.84. The Morgan fingerprint density at radius 1 is 1.00 bits per heavy atom. The monoisotopic (exact) mass is 442 g/mol. The van der Waals surface area contributed by atoms with Crippen LogP contribution in [-0.4, -0.2) is 29.6 Å². The van der Waals surface area contributed by atoms with Crippen LogP contribution in [0.2, 0.25) is 0 Å². The van der Waals surface area contributed by atoms with E-state index in [1.165, 1.54) is 11.0 Å². The minimum Gasteiger partial charge on any atom is -0.358 e. The van der Waals surface area contributed by atoms with Gasteiger partial charge in [-0.1, -0.05) is 44.2 Å². The van der Waals surface area contributed by atoms with Gasteiger partial charge in [-0.2, -0.15) is 0 Å². The lowest BCUT2D eigenvalue weighted by Crippen LogP contribution is -2.33. The molecule has 1 atom stereocenters. The van der Waals surface area contributed by atoms with E-state index in [0.717, 1.165) is 11.3 Å². The van der Waals surface area contributed by atoms with Crippen molar-refractivity contribution >= 4 is 33.6 Å². The molecule has 3 heterocycles. The van der Waals surface area contributed by atoms with E-state index < -0.39 is 0 Å². The topological polar surface area (TPSA) is 113 Å². The molecule has 0 radical (unpaired) electrons. The van der Waals surface area contributed by atoms with E-state index in [9.17, 15) is 4.79 Å². The van der Waals surface area contributed by atoms with Crippen LogP contribution in [0.3, 0.4) is 0 Å². The number of nitrogens with zero attached hydrogens (tertiary/aromatic N) is 5. The molecule has 0 aliphatic rings. The Morgan fingerprint density at radius 3 is 2.58 bits per heavy atom. The first-order valence-corrected chi connectivity index (χ1v) is 10.9. The Kier molecular flexibility index (Phi) is 6.30. The fourth-order valence-electron chi connectivity index (χ4n) is 3.60. The van der Waals surface area contributed by atoms with E-state index in [0.29, 0.717) is 33.7 Å². The van der Waals surface area contributed by atoms with Crippen LogP contribution in [0.1, 0.15) is 38.2 Å². The van der Waals surface area contributed by atoms with Crippen molar-refractivity contribution in [2.24, 2.45) is 0 Å². The molecule has 3 N–H and O–H groups in total. The molecule has 0 bridgehead atoms. The summed E-state index contributed by atoms with van der Waals surface area (Å²) in [4.78, 5) is 34.0. The molecule has 9 heteroatoms. The lowest BCUT2D eigenvalue weighted by Gasteiger charge is -2.21. The van der Waals surface area contributed by atoms with Gasteiger partial charge in [-0.15, -0.1) is 0 Å². The van der Waals surface area contributed by atoms with Crippen LogP contribution in [-0.2, 0) is 0 Å². The highest BCUT2D eigenvalue weighted by Gasteiger charge is 2.19. The van der Waals surface area contributed by atoms with Gasteiger partial charge in [0.05, 0.1) is 29.0 Å². The maximum atomic E-state index is 13.5. The second-order valence-electron chi connectivity index (χ2n) is 7.25. The Morgan fingerprint density at radius 2 is 1.79 bits per heavy atom. The van der Waals surface area contributed by atoms with E-state index in [2.05, 4.69) is 30.7 Å². The largest absolute Gasteiger partial charge is 0.358 e. The van der Waals surface area contributed by atoms with Crippen LogP contribution in [0.25, 0.3) is 22.1 Å². The van der Waals surface area contributed by atoms with Gasteiger partial charge in [-0.05, 0) is 37.6 Å². The van der Waals surface area contributed by atoms with Crippen LogP contribution < -0.4 is 16.3 Å². The molecule has 0 amide bonds. The number of hydrogen-bond donors (Lipinski definition) is 3. The maximum Gasteiger partial charge on any atom is 0.280 e. The van der Waals surface area contributed by atoms with E-state index in [4.69, 9.17) is 4.98 Å². The van der Waals surface area contributed by atoms with Crippen LogP contribution in [0.4, 0.5) is 11.5 Å². The lowest BCUT2D eigenvalue weighted by atomic mass is 10.1. The summed E-state index contributed by atoms with van der Waals surface area (Å²) in [7, 11) is 0. The number of hydrogen-bond acceptors (Lipinski definition) is 7. The fourth-order valence-corrected chi connectivity index (χ4v) is 3.60. The molecule has 9 nitrogen and oxygen atoms in total. The number of anilines is 2. The van der Waals surface area contributed by atoms with E-state index in [-0.39, 0.29) is 11.6 Å². The fraction of sp³-hybridized carbons (Fsp3) is 0.208. The number of aromatic amines is 1. The van der Waals surface area contributed by atoms with Crippen LogP contribution in [0, 0.1) is 6.92 Å². The van der Waals surface area contributed by atoms with Crippen molar-refractivity contribution in [3.05, 3.63) is 82.9 Å². The van der Waals surface area contributed by atoms with Crippen LogP contribution >= 0.6 is 0 Å². The van der Waals surface area contributed by atoms with Gasteiger partial charge in [-0.3, -0.25) is 10.2 Å². The molecule has 1 unspecified atom stereocenters. The van der Waals surface area contributed by atoms with Crippen molar-refractivity contribution in [3.8, 4) is 0 Å². The second kappa shape index (κ2) is 9.47. The summed E-state index contributed by atoms with van der Waals surface area (Å²) in [5, 5.41) is 3.92. The summed E-state index contributed by atoms with van der Waals surface area (Å²) >= 11 is 0. The molecule has 3 aromatic heterocycles. The van der Waals surface area contributed by atoms with Gasteiger partial charge in [0.25, 0.3) is 5.56 Å². The zero-order valence-electron chi connectivity index (χ0n) is 19.0. The molecule has 0 spiro atoms. The molecule has 5 rings (SSSR count). The average molecular weight is 443 g/mol. The highest BCUT2D eigenvalue weighted by molar-refractivity contribution is 5.83. The molecular formula is C24H26N8O. The number of para-hydroxylation sites is 1. The SMILES string of the molecule is CC.Cc1cccc2nc(C(C)Nc3ncnc4nc[nH]c34)n(Nc3ccccc3)c(=O)c12. The third-order valence-electron chi connectivity index (χ3n) is 5.11. The van der Waals surface area contributed by atoms with Gasteiger partial charge in [0.2, 0.25) is 0 Å². The quantitative estimate of drug-likeness (QED) is 0.369. The van der Waals surface area contributed by atoms with Gasteiger partial charge >= 0.3 is 0 Å². The molecule has 0 saturated carbocycles. The van der Waals surface area contributed by atoms with E-state index in [1.807, 2.05) is 76.2 Å². The maximum absolute atomic E-state index is 13.5. The number of nitrogens with one attached hydrogen (secondary N) is 3. The number of aromatic nitrogens is 6. The van der Waals surface area contributed by atoms with Gasteiger partial charge in [0.1, 0.15) is 11.8 Å². The molecule has 33 heavy (non-hydrogen) atoms. The molecule has 0 saturated heterocycles. The number of aryl methyl sites for hydroxylation is 1. The van der Waals surface area contributed by atoms with E-state index >= 15 is 0 Å². The molecular weight excluding hydrogens is 416 g/mol. The molecule has 0 fully saturated rings. The molecule has 5 aromatic rings. The second-order valence-corrected chi connectivity index (χ2v) is 7.25. The predicted octanol–water partition coefficient (Wildman–Crippen LogP) is 4.45. The summed E-state index contributed by atoms with van der Waals surface area (Å²) in [5.74, 6) is 1.11. The van der Waals surface area contributed by atoms with Crippen molar-refractivity contribution in [3.63, 3.8) is 0 Å². The van der Waals surface area contributed by atoms with Crippen molar-refractivity contribution < 1.29 is 0 Å². The number of rotatable bonds is 5. The van der Waals surface area contributed by atoms with Gasteiger partial charge in [-0.25, -0.2) is 24.6 Å². The number of H-pyrrole nitrogens is 1. The van der Waals surface area contributed by atoms with Crippen molar-refractivity contribution in [1.82, 2.24) is 29.6 Å². The first kappa shape index (κ1) is 21.9. The third-order valence-corrected chi connectivity index (χ3v) is 5.11. The smallest absolute Gasteiger partial charge is 0.280 e. The minimum atomic E-state index is -0.352. The molecule has 168 valence electrons. The van der Waals surface area contributed by atoms with Crippen LogP contribution in [0.5, 0.6) is 0 Å². The predicted molar refractivity (Wildman–Crippen MR) is 131 cm³/mol. The highest BCUT2D eigenvalue weighted by Crippen LogP contribution is 2.22. The summed E-state index contributed by atoms with van der Waals surface area (Å²) < 4.78 is 1.49. The van der Waals surface area contributed by atoms with Gasteiger partial charge in [0.15, 0.2) is 17.3 Å². The number of fused-ring (bicyclic) bond motifs is 2. The normalized spacial score (nSPS) is 11.6. The first-order chi connectivity index (χ1) is 16.1. The molecule has 0 aliphatic heterocycles. The lowest BCUT2D eigenvalue weighted by molar-refractivity contribution is 0.701. The number of benzene rings is 2. The Balaban J connectivity index is 0.00000126. The highest BCUT2D eigenvalue weighted by atomic mass is 16.1. The zero-order chi connectivity index (χ0) is 23.4. The van der Waals surface area contributed by atoms with E-state index in [1.54, 1.807) is 6.33 Å². The van der Waals surface area contributed by atoms with Gasteiger partial charge in [0, 0.05) is 0 Å². The average Bonchev–Trinajstić information content (AvgIpc) is 3.33. The van der Waals surface area contributed by atoms with Crippen molar-refractivity contribution in [2.45, 2.75) is 33.7 Å². The van der Waals surface area contributed by atoms with Crippen molar-refractivity contribution in [1.29, 1.82) is 0 Å². The Hall–Kier alpha value is -4.27. The molecule has 0 aliphatic carbocycles. The Bertz CT molecular complexity index is 1440. The van der Waals surface area contributed by atoms with Gasteiger partial charge < -0.3 is 10.3 Å². The molecule has 2 aromatic carbocycles. The van der Waals surface area contributed by atoms with Crippen LogP contribution in [0.15, 0.2) is 66.0 Å². The summed E-state index contributed by atoms with van der Waals surface area (Å²) in [5.41, 5.74) is 6.60. The zero-order valence-corrected chi connectivity index (χ0v) is 19.0. The van der Waals surface area contributed by atoms with Crippen molar-refractivity contribution in [2.75, 3.05) is 10.7 Å². The third kappa shape index (κ3) is 4.25.